The van der Waals surface area contributed by atoms with Crippen molar-refractivity contribution in [1.29, 1.82) is 0 Å². The van der Waals surface area contributed by atoms with Gasteiger partial charge in [0.15, 0.2) is 0 Å². The minimum atomic E-state index is -0.922. The lowest BCUT2D eigenvalue weighted by atomic mass is 9.87. The summed E-state index contributed by atoms with van der Waals surface area (Å²) in [6, 6.07) is 23.4. The highest BCUT2D eigenvalue weighted by molar-refractivity contribution is 5.88. The molecule has 0 radical (unpaired) electrons. The van der Waals surface area contributed by atoms with Crippen LogP contribution in [0.1, 0.15) is 46.5 Å². The highest BCUT2D eigenvalue weighted by Crippen LogP contribution is 2.44. The van der Waals surface area contributed by atoms with Crippen molar-refractivity contribution in [2.24, 2.45) is 0 Å². The molecule has 0 amide bonds. The average molecular weight is 370 g/mol. The predicted molar refractivity (Wildman–Crippen MR) is 111 cm³/mol. The molecule has 1 aliphatic carbocycles. The largest absolute Gasteiger partial charge is 0.489 e. The maximum Gasteiger partial charge on any atom is 0.335 e. The zero-order valence-electron chi connectivity index (χ0n) is 16.0. The van der Waals surface area contributed by atoms with Crippen molar-refractivity contribution in [3.8, 4) is 5.75 Å². The van der Waals surface area contributed by atoms with Crippen molar-refractivity contribution in [3.63, 3.8) is 0 Å². The number of carboxylic acids is 1. The average Bonchev–Trinajstić information content (AvgIpc) is 2.98. The molecule has 0 spiro atoms. The van der Waals surface area contributed by atoms with Crippen molar-refractivity contribution in [2.45, 2.75) is 25.9 Å². The summed E-state index contributed by atoms with van der Waals surface area (Å²) in [5, 5.41) is 9.00. The first-order valence-corrected chi connectivity index (χ1v) is 9.32. The van der Waals surface area contributed by atoms with Crippen molar-refractivity contribution in [2.75, 3.05) is 0 Å². The molecule has 0 heterocycles. The maximum absolute atomic E-state index is 11.0. The van der Waals surface area contributed by atoms with Crippen molar-refractivity contribution < 1.29 is 14.6 Å². The Bertz CT molecular complexity index is 1040. The van der Waals surface area contributed by atoms with E-state index in [2.05, 4.69) is 56.3 Å². The van der Waals surface area contributed by atoms with E-state index in [0.717, 1.165) is 11.3 Å². The van der Waals surface area contributed by atoms with Gasteiger partial charge in [-0.3, -0.25) is 0 Å². The topological polar surface area (TPSA) is 46.5 Å². The molecule has 0 bridgehead atoms. The van der Waals surface area contributed by atoms with E-state index >= 15 is 0 Å². The molecule has 4 rings (SSSR count). The normalized spacial score (nSPS) is 14.3. The Labute approximate surface area is 164 Å². The van der Waals surface area contributed by atoms with Gasteiger partial charge in [0.05, 0.1) is 5.56 Å². The molecule has 3 nitrogen and oxygen atoms in total. The number of hydrogen-bond acceptors (Lipinski definition) is 2. The van der Waals surface area contributed by atoms with Crippen LogP contribution in [0.2, 0.25) is 0 Å². The molecule has 0 fully saturated rings. The van der Waals surface area contributed by atoms with E-state index in [1.54, 1.807) is 24.3 Å². The molecule has 0 unspecified atom stereocenters. The van der Waals surface area contributed by atoms with Gasteiger partial charge in [-0.15, -0.1) is 0 Å². The Hall–Kier alpha value is -3.33. The minimum Gasteiger partial charge on any atom is -0.489 e. The summed E-state index contributed by atoms with van der Waals surface area (Å²) in [5.74, 6) is -0.116. The standard InChI is InChI=1S/C25H22O3/c1-25(2)15-22(18-6-4-3-5-7-18)21-14-20(12-13-23(21)25)28-16-17-8-10-19(11-9-17)24(26)27/h3-15H,16H2,1-2H3,(H,26,27). The molecule has 3 aromatic rings. The Balaban J connectivity index is 1.58. The van der Waals surface area contributed by atoms with Gasteiger partial charge in [0, 0.05) is 5.41 Å². The number of allylic oxidation sites excluding steroid dienone is 1. The number of aromatic carboxylic acids is 1. The van der Waals surface area contributed by atoms with E-state index < -0.39 is 5.97 Å². The van der Waals surface area contributed by atoms with Crippen LogP contribution in [0.4, 0.5) is 0 Å². The smallest absolute Gasteiger partial charge is 0.335 e. The fraction of sp³-hybridized carbons (Fsp3) is 0.160. The highest BCUT2D eigenvalue weighted by Gasteiger charge is 2.30. The van der Waals surface area contributed by atoms with Gasteiger partial charge in [-0.05, 0) is 52.1 Å². The third-order valence-electron chi connectivity index (χ3n) is 5.17. The quantitative estimate of drug-likeness (QED) is 0.628. The molecule has 28 heavy (non-hydrogen) atoms. The summed E-state index contributed by atoms with van der Waals surface area (Å²) in [7, 11) is 0. The molecular weight excluding hydrogens is 348 g/mol. The molecule has 0 aromatic heterocycles. The number of hydrogen-bond donors (Lipinski definition) is 1. The number of fused-ring (bicyclic) bond motifs is 1. The summed E-state index contributed by atoms with van der Waals surface area (Å²) in [6.07, 6.45) is 2.32. The fourth-order valence-corrected chi connectivity index (χ4v) is 3.68. The second-order valence-electron chi connectivity index (χ2n) is 7.64. The molecular formula is C25H22O3. The van der Waals surface area contributed by atoms with Crippen LogP contribution in [0.3, 0.4) is 0 Å². The Kier molecular flexibility index (Phi) is 4.52. The second kappa shape index (κ2) is 7.01. The molecule has 3 heteroatoms. The van der Waals surface area contributed by atoms with Gasteiger partial charge in [-0.25, -0.2) is 4.79 Å². The Morgan fingerprint density at radius 1 is 0.964 bits per heavy atom. The van der Waals surface area contributed by atoms with Crippen molar-refractivity contribution in [1.82, 2.24) is 0 Å². The summed E-state index contributed by atoms with van der Waals surface area (Å²) in [4.78, 5) is 11.0. The van der Waals surface area contributed by atoms with Crippen LogP contribution in [0.15, 0.2) is 78.9 Å². The van der Waals surface area contributed by atoms with Crippen LogP contribution < -0.4 is 4.74 Å². The van der Waals surface area contributed by atoms with Gasteiger partial charge in [0.2, 0.25) is 0 Å². The SMILES string of the molecule is CC1(C)C=C(c2ccccc2)c2cc(OCc3ccc(C(=O)O)cc3)ccc21. The molecule has 0 saturated carbocycles. The van der Waals surface area contributed by atoms with Gasteiger partial charge in [0.25, 0.3) is 0 Å². The van der Waals surface area contributed by atoms with Gasteiger partial charge >= 0.3 is 5.97 Å². The molecule has 1 aliphatic rings. The van der Waals surface area contributed by atoms with Gasteiger partial charge in [-0.1, -0.05) is 68.5 Å². The fourth-order valence-electron chi connectivity index (χ4n) is 3.68. The minimum absolute atomic E-state index is 0.0221. The zero-order valence-corrected chi connectivity index (χ0v) is 16.0. The molecule has 0 saturated heterocycles. The first kappa shape index (κ1) is 18.1. The van der Waals surface area contributed by atoms with Crippen LogP contribution in [0.5, 0.6) is 5.75 Å². The number of carboxylic acid groups (broad SMARTS) is 1. The zero-order chi connectivity index (χ0) is 19.7. The third-order valence-corrected chi connectivity index (χ3v) is 5.17. The van der Waals surface area contributed by atoms with Gasteiger partial charge in [-0.2, -0.15) is 0 Å². The summed E-state index contributed by atoms with van der Waals surface area (Å²) < 4.78 is 6.00. The molecule has 140 valence electrons. The summed E-state index contributed by atoms with van der Waals surface area (Å²) in [5.41, 5.74) is 6.13. The van der Waals surface area contributed by atoms with E-state index in [9.17, 15) is 4.79 Å². The Morgan fingerprint density at radius 2 is 1.68 bits per heavy atom. The van der Waals surface area contributed by atoms with Crippen LogP contribution >= 0.6 is 0 Å². The number of ether oxygens (including phenoxy) is 1. The lowest BCUT2D eigenvalue weighted by Crippen LogP contribution is -2.10. The van der Waals surface area contributed by atoms with Gasteiger partial charge < -0.3 is 9.84 Å². The number of rotatable bonds is 5. The van der Waals surface area contributed by atoms with Crippen LogP contribution in [-0.2, 0) is 12.0 Å². The van der Waals surface area contributed by atoms with Crippen LogP contribution in [0.25, 0.3) is 5.57 Å². The predicted octanol–water partition coefficient (Wildman–Crippen LogP) is 5.69. The van der Waals surface area contributed by atoms with E-state index in [4.69, 9.17) is 9.84 Å². The van der Waals surface area contributed by atoms with E-state index in [-0.39, 0.29) is 11.0 Å². The monoisotopic (exact) mass is 370 g/mol. The van der Waals surface area contributed by atoms with E-state index in [0.29, 0.717) is 6.61 Å². The summed E-state index contributed by atoms with van der Waals surface area (Å²) in [6.45, 7) is 4.85. The van der Waals surface area contributed by atoms with E-state index in [1.165, 1.54) is 22.3 Å². The second-order valence-corrected chi connectivity index (χ2v) is 7.64. The lowest BCUT2D eigenvalue weighted by molar-refractivity contribution is 0.0697. The Morgan fingerprint density at radius 3 is 2.36 bits per heavy atom. The van der Waals surface area contributed by atoms with Crippen molar-refractivity contribution in [3.05, 3.63) is 107 Å². The van der Waals surface area contributed by atoms with E-state index in [1.807, 2.05) is 12.1 Å². The van der Waals surface area contributed by atoms with Crippen LogP contribution in [0, 0.1) is 0 Å². The van der Waals surface area contributed by atoms with Gasteiger partial charge in [0.1, 0.15) is 12.4 Å². The molecule has 3 aromatic carbocycles. The first-order chi connectivity index (χ1) is 13.4. The highest BCUT2D eigenvalue weighted by atomic mass is 16.5. The number of carbonyl (C=O) groups is 1. The molecule has 1 N–H and O–H groups in total. The van der Waals surface area contributed by atoms with Crippen molar-refractivity contribution >= 4 is 11.5 Å². The van der Waals surface area contributed by atoms with Crippen LogP contribution in [-0.4, -0.2) is 11.1 Å². The lowest BCUT2D eigenvalue weighted by Gasteiger charge is -2.18. The number of benzene rings is 3. The molecule has 0 atom stereocenters. The first-order valence-electron chi connectivity index (χ1n) is 9.32. The summed E-state index contributed by atoms with van der Waals surface area (Å²) >= 11 is 0. The molecule has 0 aliphatic heterocycles. The third kappa shape index (κ3) is 3.44. The maximum atomic E-state index is 11.0.